The van der Waals surface area contributed by atoms with Crippen LogP contribution in [0.4, 0.5) is 0 Å². The Labute approximate surface area is 108 Å². The SMILES string of the molecule is CNC(Cc1c(Br)c(C)nn1C)c1ncn[nH]1. The van der Waals surface area contributed by atoms with Gasteiger partial charge in [0.1, 0.15) is 12.2 Å². The zero-order valence-electron chi connectivity index (χ0n) is 10.0. The average Bonchev–Trinajstić information content (AvgIpc) is 2.89. The summed E-state index contributed by atoms with van der Waals surface area (Å²) in [6, 6.07) is 0.101. The maximum absolute atomic E-state index is 4.38. The maximum Gasteiger partial charge on any atom is 0.141 e. The lowest BCUT2D eigenvalue weighted by atomic mass is 10.1. The number of hydrogen-bond donors (Lipinski definition) is 2. The van der Waals surface area contributed by atoms with Crippen molar-refractivity contribution in [2.75, 3.05) is 7.05 Å². The zero-order chi connectivity index (χ0) is 12.4. The summed E-state index contributed by atoms with van der Waals surface area (Å²) in [7, 11) is 3.85. The number of rotatable bonds is 4. The average molecular weight is 299 g/mol. The molecule has 92 valence electrons. The molecule has 17 heavy (non-hydrogen) atoms. The Morgan fingerprint density at radius 3 is 2.82 bits per heavy atom. The Hall–Kier alpha value is -1.21. The topological polar surface area (TPSA) is 71.4 Å². The molecule has 7 heteroatoms. The van der Waals surface area contributed by atoms with Gasteiger partial charge in [0.15, 0.2) is 0 Å². The molecule has 6 nitrogen and oxygen atoms in total. The molecule has 2 aromatic rings. The number of nitrogens with one attached hydrogen (secondary N) is 2. The van der Waals surface area contributed by atoms with Crippen LogP contribution in [0.3, 0.4) is 0 Å². The fraction of sp³-hybridized carbons (Fsp3) is 0.500. The van der Waals surface area contributed by atoms with E-state index in [1.165, 1.54) is 6.33 Å². The summed E-state index contributed by atoms with van der Waals surface area (Å²) in [6.07, 6.45) is 2.31. The van der Waals surface area contributed by atoms with Crippen LogP contribution in [0, 0.1) is 6.92 Å². The van der Waals surface area contributed by atoms with E-state index in [0.29, 0.717) is 0 Å². The number of H-pyrrole nitrogens is 1. The molecule has 1 atom stereocenters. The smallest absolute Gasteiger partial charge is 0.141 e. The number of hydrogen-bond acceptors (Lipinski definition) is 4. The van der Waals surface area contributed by atoms with E-state index in [1.807, 2.05) is 25.7 Å². The third-order valence-electron chi connectivity index (χ3n) is 2.77. The molecule has 0 aromatic carbocycles. The maximum atomic E-state index is 4.38. The Morgan fingerprint density at radius 2 is 2.35 bits per heavy atom. The fourth-order valence-corrected chi connectivity index (χ4v) is 2.31. The first kappa shape index (κ1) is 12.3. The van der Waals surface area contributed by atoms with Gasteiger partial charge in [0.05, 0.1) is 21.9 Å². The summed E-state index contributed by atoms with van der Waals surface area (Å²) in [5.41, 5.74) is 2.13. The normalized spacial score (nSPS) is 12.9. The molecule has 0 saturated carbocycles. The van der Waals surface area contributed by atoms with Crippen molar-refractivity contribution in [3.63, 3.8) is 0 Å². The highest BCUT2D eigenvalue weighted by Crippen LogP contribution is 2.24. The second-order valence-corrected chi connectivity index (χ2v) is 4.68. The van der Waals surface area contributed by atoms with Gasteiger partial charge in [-0.3, -0.25) is 9.78 Å². The van der Waals surface area contributed by atoms with Crippen LogP contribution in [0.1, 0.15) is 23.3 Å². The molecule has 2 N–H and O–H groups in total. The molecule has 0 amide bonds. The van der Waals surface area contributed by atoms with Gasteiger partial charge in [-0.25, -0.2) is 4.98 Å². The number of likely N-dealkylation sites (N-methyl/N-ethyl adjacent to an activating group) is 1. The highest BCUT2D eigenvalue weighted by atomic mass is 79.9. The van der Waals surface area contributed by atoms with Gasteiger partial charge in [0.2, 0.25) is 0 Å². The van der Waals surface area contributed by atoms with Gasteiger partial charge < -0.3 is 5.32 Å². The first-order valence-electron chi connectivity index (χ1n) is 5.34. The third kappa shape index (κ3) is 2.39. The van der Waals surface area contributed by atoms with Crippen LogP contribution in [-0.2, 0) is 13.5 Å². The quantitative estimate of drug-likeness (QED) is 0.887. The zero-order valence-corrected chi connectivity index (χ0v) is 11.6. The second kappa shape index (κ2) is 4.97. The van der Waals surface area contributed by atoms with Crippen LogP contribution in [-0.4, -0.2) is 32.0 Å². The van der Waals surface area contributed by atoms with E-state index >= 15 is 0 Å². The summed E-state index contributed by atoms with van der Waals surface area (Å²) in [5, 5.41) is 14.4. The molecule has 0 bridgehead atoms. The summed E-state index contributed by atoms with van der Waals surface area (Å²) in [4.78, 5) is 4.18. The lowest BCUT2D eigenvalue weighted by molar-refractivity contribution is 0.535. The van der Waals surface area contributed by atoms with E-state index < -0.39 is 0 Å². The lowest BCUT2D eigenvalue weighted by Crippen LogP contribution is -2.21. The van der Waals surface area contributed by atoms with E-state index in [0.717, 1.165) is 28.1 Å². The highest BCUT2D eigenvalue weighted by molar-refractivity contribution is 9.10. The van der Waals surface area contributed by atoms with Crippen LogP contribution in [0.15, 0.2) is 10.8 Å². The molecular formula is C10H15BrN6. The second-order valence-electron chi connectivity index (χ2n) is 3.89. The van der Waals surface area contributed by atoms with Crippen LogP contribution >= 0.6 is 15.9 Å². The Balaban J connectivity index is 2.24. The molecule has 1 unspecified atom stereocenters. The lowest BCUT2D eigenvalue weighted by Gasteiger charge is -2.13. The number of nitrogens with zero attached hydrogens (tertiary/aromatic N) is 4. The summed E-state index contributed by atoms with van der Waals surface area (Å²) in [5.74, 6) is 0.832. The van der Waals surface area contributed by atoms with Crippen molar-refractivity contribution in [3.8, 4) is 0 Å². The monoisotopic (exact) mass is 298 g/mol. The van der Waals surface area contributed by atoms with Crippen molar-refractivity contribution in [3.05, 3.63) is 28.0 Å². The highest BCUT2D eigenvalue weighted by Gasteiger charge is 2.18. The van der Waals surface area contributed by atoms with Crippen LogP contribution in [0.5, 0.6) is 0 Å². The summed E-state index contributed by atoms with van der Waals surface area (Å²) >= 11 is 3.56. The standard InChI is InChI=1S/C10H15BrN6/c1-6-9(11)8(17(3)16-6)4-7(12-2)10-13-5-14-15-10/h5,7,12H,4H2,1-3H3,(H,13,14,15). The molecule has 0 aliphatic rings. The van der Waals surface area contributed by atoms with Gasteiger partial charge in [-0.05, 0) is 29.9 Å². The van der Waals surface area contributed by atoms with Crippen LogP contribution in [0.2, 0.25) is 0 Å². The number of aromatic amines is 1. The molecule has 2 heterocycles. The largest absolute Gasteiger partial charge is 0.310 e. The van der Waals surface area contributed by atoms with E-state index in [4.69, 9.17) is 0 Å². The minimum absolute atomic E-state index is 0.101. The first-order chi connectivity index (χ1) is 8.13. The van der Waals surface area contributed by atoms with Gasteiger partial charge in [0, 0.05) is 13.5 Å². The van der Waals surface area contributed by atoms with Gasteiger partial charge in [-0.15, -0.1) is 0 Å². The summed E-state index contributed by atoms with van der Waals surface area (Å²) < 4.78 is 2.94. The Bertz CT molecular complexity index is 489. The minimum Gasteiger partial charge on any atom is -0.310 e. The molecular weight excluding hydrogens is 284 g/mol. The van der Waals surface area contributed by atoms with Crippen molar-refractivity contribution >= 4 is 15.9 Å². The van der Waals surface area contributed by atoms with E-state index in [9.17, 15) is 0 Å². The molecule has 0 aliphatic heterocycles. The number of aryl methyl sites for hydroxylation is 2. The first-order valence-corrected chi connectivity index (χ1v) is 6.13. The van der Waals surface area contributed by atoms with Crippen molar-refractivity contribution in [2.24, 2.45) is 7.05 Å². The predicted molar refractivity (Wildman–Crippen MR) is 67.5 cm³/mol. The van der Waals surface area contributed by atoms with Crippen molar-refractivity contribution in [2.45, 2.75) is 19.4 Å². The molecule has 0 fully saturated rings. The number of aromatic nitrogens is 5. The van der Waals surface area contributed by atoms with Crippen molar-refractivity contribution in [1.82, 2.24) is 30.3 Å². The van der Waals surface area contributed by atoms with Gasteiger partial charge >= 0.3 is 0 Å². The van der Waals surface area contributed by atoms with E-state index in [-0.39, 0.29) is 6.04 Å². The molecule has 2 aromatic heterocycles. The van der Waals surface area contributed by atoms with E-state index in [1.54, 1.807) is 0 Å². The van der Waals surface area contributed by atoms with Crippen molar-refractivity contribution in [1.29, 1.82) is 0 Å². The van der Waals surface area contributed by atoms with Crippen molar-refractivity contribution < 1.29 is 0 Å². The Morgan fingerprint density at radius 1 is 1.59 bits per heavy atom. The molecule has 2 rings (SSSR count). The summed E-state index contributed by atoms with van der Waals surface area (Å²) in [6.45, 7) is 1.98. The molecule has 0 spiro atoms. The van der Waals surface area contributed by atoms with Crippen LogP contribution < -0.4 is 5.32 Å². The predicted octanol–water partition coefficient (Wildman–Crippen LogP) is 1.11. The Kier molecular flexibility index (Phi) is 3.58. The fourth-order valence-electron chi connectivity index (χ4n) is 1.81. The van der Waals surface area contributed by atoms with E-state index in [2.05, 4.69) is 41.5 Å². The molecule has 0 saturated heterocycles. The number of halogens is 1. The molecule has 0 radical (unpaired) electrons. The minimum atomic E-state index is 0.101. The van der Waals surface area contributed by atoms with Crippen LogP contribution in [0.25, 0.3) is 0 Å². The van der Waals surface area contributed by atoms with Gasteiger partial charge in [0.25, 0.3) is 0 Å². The third-order valence-corrected chi connectivity index (χ3v) is 3.80. The van der Waals surface area contributed by atoms with Gasteiger partial charge in [-0.1, -0.05) is 0 Å². The molecule has 0 aliphatic carbocycles. The van der Waals surface area contributed by atoms with Gasteiger partial charge in [-0.2, -0.15) is 10.2 Å².